The van der Waals surface area contributed by atoms with Gasteiger partial charge in [-0.2, -0.15) is 5.26 Å². The minimum absolute atomic E-state index is 0.0171. The van der Waals surface area contributed by atoms with E-state index in [0.29, 0.717) is 5.69 Å². The molecule has 0 saturated heterocycles. The number of anilines is 2. The summed E-state index contributed by atoms with van der Waals surface area (Å²) in [7, 11) is 0. The van der Waals surface area contributed by atoms with Crippen LogP contribution in [-0.2, 0) is 4.74 Å². The van der Waals surface area contributed by atoms with Gasteiger partial charge < -0.3 is 15.8 Å². The van der Waals surface area contributed by atoms with Crippen LogP contribution in [0.3, 0.4) is 0 Å². The molecule has 130 valence electrons. The Morgan fingerprint density at radius 3 is 2.76 bits per heavy atom. The van der Waals surface area contributed by atoms with Gasteiger partial charge in [0.25, 0.3) is 0 Å². The number of aromatic nitrogens is 1. The maximum Gasteiger partial charge on any atom is 0.341 e. The summed E-state index contributed by atoms with van der Waals surface area (Å²) in [6, 6.07) is 5.89. The van der Waals surface area contributed by atoms with Crippen molar-refractivity contribution in [2.24, 2.45) is 0 Å². The highest BCUT2D eigenvalue weighted by atomic mass is 19.1. The molecule has 2 rings (SSSR count). The number of halogens is 1. The van der Waals surface area contributed by atoms with E-state index in [1.54, 1.807) is 6.92 Å². The van der Waals surface area contributed by atoms with Gasteiger partial charge in [-0.25, -0.2) is 9.18 Å². The van der Waals surface area contributed by atoms with Gasteiger partial charge in [0, 0.05) is 17.8 Å². The van der Waals surface area contributed by atoms with Crippen LogP contribution >= 0.6 is 0 Å². The van der Waals surface area contributed by atoms with Gasteiger partial charge in [-0.1, -0.05) is 0 Å². The third-order valence-corrected chi connectivity index (χ3v) is 3.40. The van der Waals surface area contributed by atoms with Gasteiger partial charge >= 0.3 is 5.97 Å². The topological polar surface area (TPSA) is 101 Å². The number of esters is 1. The number of pyridine rings is 1. The van der Waals surface area contributed by atoms with Crippen molar-refractivity contribution in [1.29, 1.82) is 5.26 Å². The van der Waals surface area contributed by atoms with Crippen molar-refractivity contribution in [3.63, 3.8) is 0 Å². The number of benzene rings is 1. The lowest BCUT2D eigenvalue weighted by Gasteiger charge is -2.18. The highest BCUT2D eigenvalue weighted by Gasteiger charge is 2.21. The van der Waals surface area contributed by atoms with Gasteiger partial charge in [-0.05, 0) is 39.0 Å². The summed E-state index contributed by atoms with van der Waals surface area (Å²) in [4.78, 5) is 16.3. The van der Waals surface area contributed by atoms with E-state index in [1.165, 1.54) is 18.3 Å². The van der Waals surface area contributed by atoms with Gasteiger partial charge in [0.2, 0.25) is 0 Å². The summed E-state index contributed by atoms with van der Waals surface area (Å²) in [5.41, 5.74) is 7.39. The fraction of sp³-hybridized carbons (Fsp3) is 0.278. The summed E-state index contributed by atoms with van der Waals surface area (Å²) in [5.74, 6) is -1.17. The molecule has 0 bridgehead atoms. The summed E-state index contributed by atoms with van der Waals surface area (Å²) in [6.07, 6.45) is 1.31. The molecule has 0 spiro atoms. The first-order chi connectivity index (χ1) is 11.9. The van der Waals surface area contributed by atoms with Crippen LogP contribution in [0.1, 0.15) is 36.7 Å². The fourth-order valence-electron chi connectivity index (χ4n) is 2.33. The molecule has 0 unspecified atom stereocenters. The van der Waals surface area contributed by atoms with Crippen LogP contribution in [0.5, 0.6) is 0 Å². The summed E-state index contributed by atoms with van der Waals surface area (Å²) in [5, 5.41) is 11.9. The quantitative estimate of drug-likeness (QED) is 0.808. The van der Waals surface area contributed by atoms with Crippen molar-refractivity contribution < 1.29 is 13.9 Å². The van der Waals surface area contributed by atoms with Crippen LogP contribution in [0, 0.1) is 17.1 Å². The van der Waals surface area contributed by atoms with E-state index in [4.69, 9.17) is 15.7 Å². The van der Waals surface area contributed by atoms with Crippen molar-refractivity contribution in [3.05, 3.63) is 41.3 Å². The Balaban J connectivity index is 2.61. The second-order valence-electron chi connectivity index (χ2n) is 5.64. The average molecular weight is 342 g/mol. The number of nitrogen functional groups attached to an aromatic ring is 1. The van der Waals surface area contributed by atoms with Crippen LogP contribution in [-0.4, -0.2) is 23.6 Å². The molecule has 1 aromatic carbocycles. The molecule has 1 heterocycles. The summed E-state index contributed by atoms with van der Waals surface area (Å²) in [6.45, 7) is 5.68. The van der Waals surface area contributed by atoms with Gasteiger partial charge in [0.15, 0.2) is 0 Å². The fourth-order valence-corrected chi connectivity index (χ4v) is 2.33. The minimum atomic E-state index is -0.613. The molecule has 0 aliphatic rings. The minimum Gasteiger partial charge on any atom is -0.462 e. The molecule has 0 fully saturated rings. The van der Waals surface area contributed by atoms with Crippen molar-refractivity contribution in [1.82, 2.24) is 4.98 Å². The second kappa shape index (κ2) is 7.62. The predicted octanol–water partition coefficient (Wildman–Crippen LogP) is 3.34. The summed E-state index contributed by atoms with van der Waals surface area (Å²) >= 11 is 0. The van der Waals surface area contributed by atoms with Crippen LogP contribution in [0.2, 0.25) is 0 Å². The van der Waals surface area contributed by atoms with Crippen molar-refractivity contribution >= 4 is 17.3 Å². The van der Waals surface area contributed by atoms with E-state index in [2.05, 4.69) is 10.3 Å². The molecule has 1 aromatic heterocycles. The van der Waals surface area contributed by atoms with Crippen LogP contribution in [0.25, 0.3) is 11.3 Å². The third-order valence-electron chi connectivity index (χ3n) is 3.40. The first-order valence-electron chi connectivity index (χ1n) is 7.81. The molecule has 0 aliphatic heterocycles. The normalized spacial score (nSPS) is 10.4. The first kappa shape index (κ1) is 18.2. The molecule has 25 heavy (non-hydrogen) atoms. The maximum absolute atomic E-state index is 14.3. The number of carbonyl (C=O) groups excluding carboxylic acids is 1. The van der Waals surface area contributed by atoms with Crippen molar-refractivity contribution in [2.75, 3.05) is 17.7 Å². The molecule has 0 radical (unpaired) electrons. The Bertz CT molecular complexity index is 844. The molecule has 6 nitrogen and oxygen atoms in total. The van der Waals surface area contributed by atoms with E-state index in [-0.39, 0.29) is 40.7 Å². The molecule has 0 atom stereocenters. The standard InChI is InChI=1S/C18H19FN4O2/c1-4-25-18(24)13-9-22-16(15(21)17(13)23-10(2)3)12-6-5-11(8-20)7-14(12)19/h5-7,9-10H,4,21H2,1-3H3,(H,22,23). The molecule has 0 amide bonds. The Labute approximate surface area is 145 Å². The van der Waals surface area contributed by atoms with Crippen LogP contribution in [0.15, 0.2) is 24.4 Å². The number of hydrogen-bond acceptors (Lipinski definition) is 6. The van der Waals surface area contributed by atoms with Crippen molar-refractivity contribution in [3.8, 4) is 17.3 Å². The second-order valence-corrected chi connectivity index (χ2v) is 5.64. The zero-order valence-corrected chi connectivity index (χ0v) is 14.3. The molecule has 0 aliphatic carbocycles. The molecule has 7 heteroatoms. The molecule has 3 N–H and O–H groups in total. The molecule has 2 aromatic rings. The SMILES string of the molecule is CCOC(=O)c1cnc(-c2ccc(C#N)cc2F)c(N)c1NC(C)C. The van der Waals surface area contributed by atoms with Crippen molar-refractivity contribution in [2.45, 2.75) is 26.8 Å². The highest BCUT2D eigenvalue weighted by Crippen LogP contribution is 2.34. The zero-order valence-electron chi connectivity index (χ0n) is 14.3. The third kappa shape index (κ3) is 3.86. The number of nitrogens with one attached hydrogen (secondary N) is 1. The highest BCUT2D eigenvalue weighted by molar-refractivity contribution is 6.01. The van der Waals surface area contributed by atoms with Gasteiger partial charge in [0.05, 0.1) is 35.3 Å². The Morgan fingerprint density at radius 1 is 1.48 bits per heavy atom. The lowest BCUT2D eigenvalue weighted by molar-refractivity contribution is 0.0527. The average Bonchev–Trinajstić information content (AvgIpc) is 2.56. The van der Waals surface area contributed by atoms with E-state index in [0.717, 1.165) is 6.07 Å². The summed E-state index contributed by atoms with van der Waals surface area (Å²) < 4.78 is 19.3. The number of nitrogens with two attached hydrogens (primary N) is 1. The lowest BCUT2D eigenvalue weighted by Crippen LogP contribution is -2.18. The number of nitriles is 1. The molecular formula is C18H19FN4O2. The maximum atomic E-state index is 14.3. The van der Waals surface area contributed by atoms with Crippen LogP contribution in [0.4, 0.5) is 15.8 Å². The molecular weight excluding hydrogens is 323 g/mol. The number of rotatable bonds is 5. The van der Waals surface area contributed by atoms with Gasteiger partial charge in [-0.3, -0.25) is 4.98 Å². The number of hydrogen-bond donors (Lipinski definition) is 2. The number of nitrogens with zero attached hydrogens (tertiary/aromatic N) is 2. The Morgan fingerprint density at radius 2 is 2.20 bits per heavy atom. The van der Waals surface area contributed by atoms with Crippen LogP contribution < -0.4 is 11.1 Å². The Hall–Kier alpha value is -3.14. The largest absolute Gasteiger partial charge is 0.462 e. The monoisotopic (exact) mass is 342 g/mol. The van der Waals surface area contributed by atoms with Gasteiger partial charge in [0.1, 0.15) is 11.4 Å². The van der Waals surface area contributed by atoms with Gasteiger partial charge in [-0.15, -0.1) is 0 Å². The smallest absolute Gasteiger partial charge is 0.341 e. The zero-order chi connectivity index (χ0) is 18.6. The Kier molecular flexibility index (Phi) is 5.55. The molecule has 0 saturated carbocycles. The first-order valence-corrected chi connectivity index (χ1v) is 7.81. The van der Waals surface area contributed by atoms with E-state index >= 15 is 0 Å². The number of carbonyl (C=O) groups is 1. The van der Waals surface area contributed by atoms with E-state index in [1.807, 2.05) is 19.9 Å². The predicted molar refractivity (Wildman–Crippen MR) is 93.5 cm³/mol. The van der Waals surface area contributed by atoms with E-state index < -0.39 is 11.8 Å². The van der Waals surface area contributed by atoms with E-state index in [9.17, 15) is 9.18 Å². The number of ether oxygens (including phenoxy) is 1. The lowest BCUT2D eigenvalue weighted by atomic mass is 10.0.